The van der Waals surface area contributed by atoms with E-state index < -0.39 is 0 Å². The molecule has 2 fully saturated rings. The molecule has 2 heterocycles. The Bertz CT molecular complexity index is 610. The molecule has 24 heavy (non-hydrogen) atoms. The molecule has 0 aromatic heterocycles. The first-order chi connectivity index (χ1) is 11.4. The Balaban J connectivity index is 1.60. The first kappa shape index (κ1) is 16.8. The van der Waals surface area contributed by atoms with Crippen LogP contribution in [0.3, 0.4) is 0 Å². The van der Waals surface area contributed by atoms with E-state index in [1.807, 2.05) is 29.2 Å². The number of nitrogens with zero attached hydrogens (tertiary/aromatic N) is 2. The summed E-state index contributed by atoms with van der Waals surface area (Å²) in [6, 6.07) is 8.13. The van der Waals surface area contributed by atoms with E-state index in [0.29, 0.717) is 26.2 Å². The summed E-state index contributed by atoms with van der Waals surface area (Å²) in [4.78, 5) is 28.0. The highest BCUT2D eigenvalue weighted by Crippen LogP contribution is 2.24. The molecule has 3 rings (SSSR count). The third-order valence-corrected chi connectivity index (χ3v) is 4.98. The number of piperidine rings is 1. The molecule has 0 radical (unpaired) electrons. The largest absolute Gasteiger partial charge is 0.448 e. The zero-order valence-electron chi connectivity index (χ0n) is 14.7. The van der Waals surface area contributed by atoms with E-state index in [-0.39, 0.29) is 23.5 Å². The fourth-order valence-corrected chi connectivity index (χ4v) is 3.41. The lowest BCUT2D eigenvalue weighted by Crippen LogP contribution is -2.47. The molecule has 130 valence electrons. The zero-order valence-corrected chi connectivity index (χ0v) is 14.7. The highest BCUT2D eigenvalue weighted by molar-refractivity contribution is 5.94. The minimum Gasteiger partial charge on any atom is -0.448 e. The summed E-state index contributed by atoms with van der Waals surface area (Å²) >= 11 is 0. The SMILES string of the molecule is CC(C)(C)c1ccc(C(=O)N2CCC(N3CCOC3=O)CC2)cc1. The Morgan fingerprint density at radius 2 is 1.71 bits per heavy atom. The van der Waals surface area contributed by atoms with Gasteiger partial charge in [0.2, 0.25) is 0 Å². The van der Waals surface area contributed by atoms with E-state index in [2.05, 4.69) is 20.8 Å². The summed E-state index contributed by atoms with van der Waals surface area (Å²) in [5, 5.41) is 0. The van der Waals surface area contributed by atoms with Crippen LogP contribution in [0.4, 0.5) is 4.79 Å². The summed E-state index contributed by atoms with van der Waals surface area (Å²) in [6.45, 7) is 9.03. The van der Waals surface area contributed by atoms with Gasteiger partial charge in [-0.2, -0.15) is 0 Å². The molecule has 2 aliphatic heterocycles. The number of hydrogen-bond acceptors (Lipinski definition) is 3. The van der Waals surface area contributed by atoms with Gasteiger partial charge in [-0.15, -0.1) is 0 Å². The number of carbonyl (C=O) groups is 2. The second kappa shape index (κ2) is 6.46. The van der Waals surface area contributed by atoms with Gasteiger partial charge >= 0.3 is 6.09 Å². The van der Waals surface area contributed by atoms with Gasteiger partial charge in [0, 0.05) is 24.7 Å². The van der Waals surface area contributed by atoms with Crippen molar-refractivity contribution in [2.24, 2.45) is 0 Å². The van der Waals surface area contributed by atoms with Gasteiger partial charge in [0.25, 0.3) is 5.91 Å². The molecule has 0 unspecified atom stereocenters. The highest BCUT2D eigenvalue weighted by Gasteiger charge is 2.33. The van der Waals surface area contributed by atoms with Gasteiger partial charge in [0.15, 0.2) is 0 Å². The number of likely N-dealkylation sites (tertiary alicyclic amines) is 1. The van der Waals surface area contributed by atoms with Crippen LogP contribution in [0, 0.1) is 0 Å². The van der Waals surface area contributed by atoms with Crippen molar-refractivity contribution >= 4 is 12.0 Å². The van der Waals surface area contributed by atoms with Crippen molar-refractivity contribution in [3.05, 3.63) is 35.4 Å². The van der Waals surface area contributed by atoms with Gasteiger partial charge in [-0.05, 0) is 36.0 Å². The lowest BCUT2D eigenvalue weighted by molar-refractivity contribution is 0.0658. The van der Waals surface area contributed by atoms with Crippen LogP contribution in [0.5, 0.6) is 0 Å². The van der Waals surface area contributed by atoms with Gasteiger partial charge in [-0.25, -0.2) is 4.79 Å². The fraction of sp³-hybridized carbons (Fsp3) is 0.579. The molecule has 0 atom stereocenters. The van der Waals surface area contributed by atoms with Crippen LogP contribution in [-0.4, -0.2) is 54.1 Å². The van der Waals surface area contributed by atoms with Crippen molar-refractivity contribution in [1.29, 1.82) is 0 Å². The Kier molecular flexibility index (Phi) is 4.52. The molecule has 0 N–H and O–H groups in total. The van der Waals surface area contributed by atoms with E-state index in [9.17, 15) is 9.59 Å². The summed E-state index contributed by atoms with van der Waals surface area (Å²) in [6.07, 6.45) is 1.43. The molecule has 5 nitrogen and oxygen atoms in total. The van der Waals surface area contributed by atoms with Crippen molar-refractivity contribution in [2.45, 2.75) is 45.1 Å². The molecule has 2 aliphatic rings. The lowest BCUT2D eigenvalue weighted by Gasteiger charge is -2.35. The second-order valence-corrected chi connectivity index (χ2v) is 7.66. The van der Waals surface area contributed by atoms with Crippen LogP contribution in [0.1, 0.15) is 49.5 Å². The van der Waals surface area contributed by atoms with Crippen LogP contribution < -0.4 is 0 Å². The average molecular weight is 330 g/mol. The van der Waals surface area contributed by atoms with E-state index in [1.54, 1.807) is 4.90 Å². The van der Waals surface area contributed by atoms with Crippen LogP contribution in [0.2, 0.25) is 0 Å². The summed E-state index contributed by atoms with van der Waals surface area (Å²) in [5.74, 6) is 0.0814. The van der Waals surface area contributed by atoms with Crippen molar-refractivity contribution in [1.82, 2.24) is 9.80 Å². The number of benzene rings is 1. The van der Waals surface area contributed by atoms with Gasteiger partial charge in [-0.1, -0.05) is 32.9 Å². The van der Waals surface area contributed by atoms with Crippen LogP contribution in [-0.2, 0) is 10.2 Å². The van der Waals surface area contributed by atoms with Gasteiger partial charge in [0.05, 0.1) is 6.54 Å². The summed E-state index contributed by atoms with van der Waals surface area (Å²) in [7, 11) is 0. The topological polar surface area (TPSA) is 49.9 Å². The van der Waals surface area contributed by atoms with E-state index in [0.717, 1.165) is 18.4 Å². The molecule has 0 aliphatic carbocycles. The molecule has 1 aromatic carbocycles. The smallest absolute Gasteiger partial charge is 0.410 e. The van der Waals surface area contributed by atoms with Crippen molar-refractivity contribution in [3.8, 4) is 0 Å². The minimum atomic E-state index is -0.211. The number of hydrogen-bond donors (Lipinski definition) is 0. The molecule has 5 heteroatoms. The highest BCUT2D eigenvalue weighted by atomic mass is 16.6. The molecule has 1 aromatic rings. The molecule has 2 amide bonds. The van der Waals surface area contributed by atoms with E-state index in [1.165, 1.54) is 5.56 Å². The predicted octanol–water partition coefficient (Wildman–Crippen LogP) is 3.04. The summed E-state index contributed by atoms with van der Waals surface area (Å²) < 4.78 is 5.01. The predicted molar refractivity (Wildman–Crippen MR) is 92.1 cm³/mol. The number of amides is 2. The fourth-order valence-electron chi connectivity index (χ4n) is 3.41. The number of cyclic esters (lactones) is 1. The second-order valence-electron chi connectivity index (χ2n) is 7.66. The Labute approximate surface area is 143 Å². The van der Waals surface area contributed by atoms with Crippen LogP contribution in [0.15, 0.2) is 24.3 Å². The third kappa shape index (κ3) is 3.40. The number of rotatable bonds is 2. The standard InChI is InChI=1S/C19H26N2O3/c1-19(2,3)15-6-4-14(5-7-15)17(22)20-10-8-16(9-11-20)21-12-13-24-18(21)23/h4-7,16H,8-13H2,1-3H3. The minimum absolute atomic E-state index is 0.0814. The van der Waals surface area contributed by atoms with Crippen LogP contribution in [0.25, 0.3) is 0 Å². The maximum atomic E-state index is 12.7. The third-order valence-electron chi connectivity index (χ3n) is 4.98. The molecule has 2 saturated heterocycles. The van der Waals surface area contributed by atoms with Gasteiger partial charge in [0.1, 0.15) is 6.61 Å². The van der Waals surface area contributed by atoms with Crippen LogP contribution >= 0.6 is 0 Å². The first-order valence-electron chi connectivity index (χ1n) is 8.69. The first-order valence-corrected chi connectivity index (χ1v) is 8.69. The Morgan fingerprint density at radius 3 is 2.21 bits per heavy atom. The maximum Gasteiger partial charge on any atom is 0.410 e. The van der Waals surface area contributed by atoms with Crippen molar-refractivity contribution in [2.75, 3.05) is 26.2 Å². The van der Waals surface area contributed by atoms with E-state index >= 15 is 0 Å². The monoisotopic (exact) mass is 330 g/mol. The number of carbonyl (C=O) groups excluding carboxylic acids is 2. The normalized spacial score (nSPS) is 19.5. The average Bonchev–Trinajstić information content (AvgIpc) is 3.00. The lowest BCUT2D eigenvalue weighted by atomic mass is 9.86. The van der Waals surface area contributed by atoms with Gasteiger partial charge < -0.3 is 14.5 Å². The van der Waals surface area contributed by atoms with Crippen molar-refractivity contribution < 1.29 is 14.3 Å². The quantitative estimate of drug-likeness (QED) is 0.837. The maximum absolute atomic E-state index is 12.7. The Morgan fingerprint density at radius 1 is 1.08 bits per heavy atom. The molecular weight excluding hydrogens is 304 g/mol. The van der Waals surface area contributed by atoms with Crippen molar-refractivity contribution in [3.63, 3.8) is 0 Å². The molecule has 0 saturated carbocycles. The Hall–Kier alpha value is -2.04. The van der Waals surface area contributed by atoms with E-state index in [4.69, 9.17) is 4.74 Å². The summed E-state index contributed by atoms with van der Waals surface area (Å²) in [5.41, 5.74) is 2.05. The number of ether oxygens (including phenoxy) is 1. The molecular formula is C19H26N2O3. The van der Waals surface area contributed by atoms with Gasteiger partial charge in [-0.3, -0.25) is 4.79 Å². The molecule has 0 bridgehead atoms. The molecule has 0 spiro atoms. The zero-order chi connectivity index (χ0) is 17.3.